The van der Waals surface area contributed by atoms with E-state index in [1.807, 2.05) is 0 Å². The van der Waals surface area contributed by atoms with E-state index in [0.717, 1.165) is 13.0 Å². The Morgan fingerprint density at radius 2 is 1.25 bits per heavy atom. The highest BCUT2D eigenvalue weighted by Gasteiger charge is 1.98. The second-order valence-electron chi connectivity index (χ2n) is 5.71. The van der Waals surface area contributed by atoms with E-state index in [9.17, 15) is 4.79 Å². The molecule has 0 aromatic carbocycles. The van der Waals surface area contributed by atoms with E-state index in [1.54, 1.807) is 0 Å². The number of hydrogen-bond acceptors (Lipinski definition) is 2. The van der Waals surface area contributed by atoms with Gasteiger partial charge in [-0.2, -0.15) is 12.6 Å². The summed E-state index contributed by atoms with van der Waals surface area (Å²) >= 11 is 4.04. The van der Waals surface area contributed by atoms with Crippen LogP contribution in [-0.2, 0) is 4.79 Å². The van der Waals surface area contributed by atoms with Crippen molar-refractivity contribution in [1.82, 2.24) is 5.32 Å². The summed E-state index contributed by atoms with van der Waals surface area (Å²) in [5.41, 5.74) is 0. The zero-order valence-corrected chi connectivity index (χ0v) is 14.4. The highest BCUT2D eigenvalue weighted by Crippen LogP contribution is 2.11. The number of unbranched alkanes of at least 4 members (excludes halogenated alkanes) is 11. The van der Waals surface area contributed by atoms with Crippen molar-refractivity contribution < 1.29 is 4.79 Å². The van der Waals surface area contributed by atoms with Crippen LogP contribution in [-0.4, -0.2) is 18.2 Å². The van der Waals surface area contributed by atoms with Crippen LogP contribution in [0.25, 0.3) is 0 Å². The highest BCUT2D eigenvalue weighted by molar-refractivity contribution is 7.80. The largest absolute Gasteiger partial charge is 0.356 e. The van der Waals surface area contributed by atoms with Crippen molar-refractivity contribution in [2.24, 2.45) is 0 Å². The fourth-order valence-electron chi connectivity index (χ4n) is 2.38. The lowest BCUT2D eigenvalue weighted by Gasteiger charge is -2.04. The number of rotatable bonds is 15. The van der Waals surface area contributed by atoms with Gasteiger partial charge in [0.1, 0.15) is 0 Å². The Morgan fingerprint density at radius 1 is 0.800 bits per heavy atom. The molecule has 0 saturated carbocycles. The minimum atomic E-state index is 0.142. The lowest BCUT2D eigenvalue weighted by atomic mass is 10.1. The highest BCUT2D eigenvalue weighted by atomic mass is 32.1. The second kappa shape index (κ2) is 16.9. The quantitative estimate of drug-likeness (QED) is 0.319. The van der Waals surface area contributed by atoms with E-state index >= 15 is 0 Å². The van der Waals surface area contributed by atoms with Gasteiger partial charge in [0, 0.05) is 13.0 Å². The van der Waals surface area contributed by atoms with E-state index in [0.29, 0.717) is 12.2 Å². The van der Waals surface area contributed by atoms with Crippen molar-refractivity contribution in [2.45, 2.75) is 90.4 Å². The molecular weight excluding hydrogens is 266 g/mol. The summed E-state index contributed by atoms with van der Waals surface area (Å²) < 4.78 is 0. The summed E-state index contributed by atoms with van der Waals surface area (Å²) in [6.07, 6.45) is 16.8. The molecule has 0 aliphatic rings. The van der Waals surface area contributed by atoms with Crippen LogP contribution in [0, 0.1) is 0 Å². The van der Waals surface area contributed by atoms with Crippen molar-refractivity contribution in [3.05, 3.63) is 0 Å². The Morgan fingerprint density at radius 3 is 1.70 bits per heavy atom. The molecule has 120 valence electrons. The van der Waals surface area contributed by atoms with Crippen LogP contribution in [0.2, 0.25) is 0 Å². The maximum absolute atomic E-state index is 11.2. The number of thiol groups is 1. The van der Waals surface area contributed by atoms with Crippen LogP contribution in [0.3, 0.4) is 0 Å². The van der Waals surface area contributed by atoms with E-state index < -0.39 is 0 Å². The number of amides is 1. The van der Waals surface area contributed by atoms with Crippen LogP contribution >= 0.6 is 12.6 Å². The van der Waals surface area contributed by atoms with Gasteiger partial charge in [-0.25, -0.2) is 0 Å². The Hall–Kier alpha value is -0.180. The molecule has 0 radical (unpaired) electrons. The van der Waals surface area contributed by atoms with Gasteiger partial charge < -0.3 is 5.32 Å². The molecule has 0 aromatic heterocycles. The van der Waals surface area contributed by atoms with Gasteiger partial charge in [0.05, 0.1) is 0 Å². The minimum Gasteiger partial charge on any atom is -0.356 e. The fourth-order valence-corrected chi connectivity index (χ4v) is 2.59. The predicted molar refractivity (Wildman–Crippen MR) is 92.6 cm³/mol. The smallest absolute Gasteiger partial charge is 0.220 e. The Labute approximate surface area is 131 Å². The maximum atomic E-state index is 11.2. The van der Waals surface area contributed by atoms with Crippen LogP contribution in [0.4, 0.5) is 0 Å². The van der Waals surface area contributed by atoms with Crippen molar-refractivity contribution in [1.29, 1.82) is 0 Å². The van der Waals surface area contributed by atoms with Crippen LogP contribution in [0.1, 0.15) is 90.4 Å². The Balaban J connectivity index is 3.01. The first-order valence-corrected chi connectivity index (χ1v) is 9.32. The first-order chi connectivity index (χ1) is 9.81. The topological polar surface area (TPSA) is 29.1 Å². The average molecular weight is 302 g/mol. The minimum absolute atomic E-state index is 0.142. The van der Waals surface area contributed by atoms with Crippen molar-refractivity contribution in [3.8, 4) is 0 Å². The van der Waals surface area contributed by atoms with Gasteiger partial charge in [-0.15, -0.1) is 0 Å². The number of carbonyl (C=O) groups is 1. The van der Waals surface area contributed by atoms with Crippen molar-refractivity contribution in [2.75, 3.05) is 12.3 Å². The molecule has 0 aromatic rings. The van der Waals surface area contributed by atoms with Crippen molar-refractivity contribution >= 4 is 18.5 Å². The summed E-state index contributed by atoms with van der Waals surface area (Å²) in [5.74, 6) is 0.785. The van der Waals surface area contributed by atoms with Gasteiger partial charge >= 0.3 is 0 Å². The fraction of sp³-hybridized carbons (Fsp3) is 0.941. The number of hydrogen-bond donors (Lipinski definition) is 2. The molecule has 2 nitrogen and oxygen atoms in total. The van der Waals surface area contributed by atoms with Crippen LogP contribution < -0.4 is 5.32 Å². The first-order valence-electron chi connectivity index (χ1n) is 8.68. The van der Waals surface area contributed by atoms with E-state index in [1.165, 1.54) is 70.6 Å². The molecule has 20 heavy (non-hydrogen) atoms. The summed E-state index contributed by atoms with van der Waals surface area (Å²) in [6, 6.07) is 0. The molecular formula is C17H35NOS. The van der Waals surface area contributed by atoms with Crippen LogP contribution in [0.5, 0.6) is 0 Å². The molecule has 0 saturated heterocycles. The van der Waals surface area contributed by atoms with E-state index in [4.69, 9.17) is 0 Å². The molecule has 0 unspecified atom stereocenters. The zero-order valence-electron chi connectivity index (χ0n) is 13.5. The average Bonchev–Trinajstić information content (AvgIpc) is 2.44. The van der Waals surface area contributed by atoms with E-state index in [2.05, 4.69) is 24.9 Å². The predicted octanol–water partition coefficient (Wildman–Crippen LogP) is 5.12. The molecule has 0 rings (SSSR count). The first kappa shape index (κ1) is 19.8. The van der Waals surface area contributed by atoms with Crippen LogP contribution in [0.15, 0.2) is 0 Å². The Kier molecular flexibility index (Phi) is 16.7. The molecule has 0 aliphatic carbocycles. The molecule has 0 spiro atoms. The third-order valence-corrected chi connectivity index (χ3v) is 3.91. The van der Waals surface area contributed by atoms with Gasteiger partial charge in [0.2, 0.25) is 5.91 Å². The summed E-state index contributed by atoms with van der Waals surface area (Å²) in [4.78, 5) is 11.2. The van der Waals surface area contributed by atoms with E-state index in [-0.39, 0.29) is 5.91 Å². The Bertz CT molecular complexity index is 209. The van der Waals surface area contributed by atoms with Gasteiger partial charge in [0.25, 0.3) is 0 Å². The van der Waals surface area contributed by atoms with Gasteiger partial charge in [-0.1, -0.05) is 77.6 Å². The van der Waals surface area contributed by atoms with Gasteiger partial charge in [-0.05, 0) is 12.2 Å². The maximum Gasteiger partial charge on any atom is 0.220 e. The third-order valence-electron chi connectivity index (χ3n) is 3.69. The monoisotopic (exact) mass is 301 g/mol. The standard InChI is InChI=1S/C17H35NOS/c1-2-3-4-5-6-7-8-9-10-11-12-13-15-18-17(19)14-16-20/h20H,2-16H2,1H3,(H,18,19). The SMILES string of the molecule is CCCCCCCCCCCCCCNC(=O)CCS. The molecule has 3 heteroatoms. The molecule has 1 N–H and O–H groups in total. The molecule has 0 fully saturated rings. The molecule has 0 aliphatic heterocycles. The van der Waals surface area contributed by atoms with Gasteiger partial charge in [-0.3, -0.25) is 4.79 Å². The van der Waals surface area contributed by atoms with Crippen molar-refractivity contribution in [3.63, 3.8) is 0 Å². The molecule has 0 atom stereocenters. The molecule has 0 bridgehead atoms. The molecule has 0 heterocycles. The third kappa shape index (κ3) is 15.9. The number of carbonyl (C=O) groups excluding carboxylic acids is 1. The number of nitrogens with one attached hydrogen (secondary N) is 1. The summed E-state index contributed by atoms with van der Waals surface area (Å²) in [6.45, 7) is 3.11. The summed E-state index contributed by atoms with van der Waals surface area (Å²) in [5, 5.41) is 2.93. The van der Waals surface area contributed by atoms with Gasteiger partial charge in [0.15, 0.2) is 0 Å². The lowest BCUT2D eigenvalue weighted by Crippen LogP contribution is -2.24. The summed E-state index contributed by atoms with van der Waals surface area (Å²) in [7, 11) is 0. The second-order valence-corrected chi connectivity index (χ2v) is 6.16. The normalized spacial score (nSPS) is 10.7. The molecule has 1 amide bonds. The zero-order chi connectivity index (χ0) is 14.9. The lowest BCUT2D eigenvalue weighted by molar-refractivity contribution is -0.120.